The highest BCUT2D eigenvalue weighted by Gasteiger charge is 2.49. The number of ether oxygens (including phenoxy) is 1. The van der Waals surface area contributed by atoms with E-state index in [4.69, 9.17) is 4.74 Å². The van der Waals surface area contributed by atoms with Crippen molar-refractivity contribution in [2.45, 2.75) is 43.7 Å². The van der Waals surface area contributed by atoms with Crippen molar-refractivity contribution in [3.05, 3.63) is 87.6 Å². The second-order valence-corrected chi connectivity index (χ2v) is 10.9. The summed E-state index contributed by atoms with van der Waals surface area (Å²) in [6, 6.07) is 20.5. The molecular formula is C29H30N2O3S. The van der Waals surface area contributed by atoms with Crippen LogP contribution in [-0.4, -0.2) is 47.9 Å². The maximum atomic E-state index is 13.8. The van der Waals surface area contributed by atoms with Crippen LogP contribution in [0, 0.1) is 5.92 Å². The van der Waals surface area contributed by atoms with Crippen LogP contribution in [0.15, 0.2) is 66.0 Å². The van der Waals surface area contributed by atoms with Crippen molar-refractivity contribution in [2.24, 2.45) is 5.92 Å². The third-order valence-corrected chi connectivity index (χ3v) is 8.63. The minimum Gasteiger partial charge on any atom is -0.497 e. The first-order chi connectivity index (χ1) is 17.1. The second-order valence-electron chi connectivity index (χ2n) is 9.87. The first-order valence-corrected chi connectivity index (χ1v) is 13.4. The lowest BCUT2D eigenvalue weighted by atomic mass is 9.93. The highest BCUT2D eigenvalue weighted by molar-refractivity contribution is 7.10. The van der Waals surface area contributed by atoms with Gasteiger partial charge in [0.1, 0.15) is 12.3 Å². The zero-order valence-electron chi connectivity index (χ0n) is 19.9. The summed E-state index contributed by atoms with van der Waals surface area (Å²) >= 11 is 1.76. The number of benzene rings is 2. The van der Waals surface area contributed by atoms with Gasteiger partial charge < -0.3 is 14.5 Å². The number of nitrogens with zero attached hydrogens (tertiary/aromatic N) is 2. The second kappa shape index (κ2) is 9.15. The minimum absolute atomic E-state index is 0.00742. The third-order valence-electron chi connectivity index (χ3n) is 7.63. The van der Waals surface area contributed by atoms with Gasteiger partial charge in [0.2, 0.25) is 11.8 Å². The molecule has 3 unspecified atom stereocenters. The Balaban J connectivity index is 1.22. The number of fused-ring (bicyclic) bond motifs is 1. The van der Waals surface area contributed by atoms with Crippen LogP contribution in [0.2, 0.25) is 0 Å². The van der Waals surface area contributed by atoms with Gasteiger partial charge in [0.25, 0.3) is 0 Å². The first-order valence-electron chi connectivity index (χ1n) is 12.5. The number of carbonyl (C=O) groups is 2. The van der Waals surface area contributed by atoms with Crippen LogP contribution < -0.4 is 4.74 Å². The number of rotatable bonds is 7. The topological polar surface area (TPSA) is 49.9 Å². The molecule has 3 aromatic rings. The Labute approximate surface area is 210 Å². The molecule has 2 heterocycles. The summed E-state index contributed by atoms with van der Waals surface area (Å²) in [6.45, 7) is 0.847. The maximum Gasteiger partial charge on any atom is 0.243 e. The Kier molecular flexibility index (Phi) is 5.85. The monoisotopic (exact) mass is 486 g/mol. The van der Waals surface area contributed by atoms with Gasteiger partial charge in [-0.25, -0.2) is 0 Å². The molecule has 1 aromatic heterocycles. The molecule has 2 aromatic carbocycles. The Bertz CT molecular complexity index is 1220. The average molecular weight is 487 g/mol. The van der Waals surface area contributed by atoms with Crippen LogP contribution in [-0.2, 0) is 16.0 Å². The normalized spacial score (nSPS) is 22.9. The Morgan fingerprint density at radius 1 is 1.03 bits per heavy atom. The molecular weight excluding hydrogens is 456 g/mol. The largest absolute Gasteiger partial charge is 0.497 e. The van der Waals surface area contributed by atoms with Gasteiger partial charge in [0, 0.05) is 23.4 Å². The van der Waals surface area contributed by atoms with Crippen molar-refractivity contribution in [2.75, 3.05) is 20.2 Å². The van der Waals surface area contributed by atoms with Crippen LogP contribution in [0.5, 0.6) is 5.75 Å². The third kappa shape index (κ3) is 4.36. The van der Waals surface area contributed by atoms with Crippen LogP contribution in [0.25, 0.3) is 0 Å². The Hall–Kier alpha value is -3.12. The fourth-order valence-corrected chi connectivity index (χ4v) is 6.39. The van der Waals surface area contributed by atoms with Crippen molar-refractivity contribution < 1.29 is 14.3 Å². The van der Waals surface area contributed by atoms with Gasteiger partial charge in [-0.05, 0) is 71.9 Å². The molecule has 5 nitrogen and oxygen atoms in total. The van der Waals surface area contributed by atoms with E-state index >= 15 is 0 Å². The van der Waals surface area contributed by atoms with E-state index in [9.17, 15) is 9.59 Å². The van der Waals surface area contributed by atoms with E-state index in [1.165, 1.54) is 16.0 Å². The summed E-state index contributed by atoms with van der Waals surface area (Å²) in [7, 11) is 1.66. The molecule has 180 valence electrons. The maximum absolute atomic E-state index is 13.8. The van der Waals surface area contributed by atoms with E-state index < -0.39 is 0 Å². The summed E-state index contributed by atoms with van der Waals surface area (Å²) in [6.07, 6.45) is 3.74. The van der Waals surface area contributed by atoms with E-state index in [0.717, 1.165) is 37.0 Å². The van der Waals surface area contributed by atoms with Gasteiger partial charge in [-0.3, -0.25) is 9.59 Å². The standard InChI is InChI=1S/C29H30N2O3S/c1-34-22-11-7-20(8-12-22)28-23-14-16-35-26(23)13-15-30(28)27(32)18-31(21-9-10-21)29(33)25-17-24(25)19-5-3-2-4-6-19/h2-8,11-12,14,16,21,24-25,28H,9-10,13,15,17-18H2,1H3. The summed E-state index contributed by atoms with van der Waals surface area (Å²) in [5.74, 6) is 1.29. The van der Waals surface area contributed by atoms with Gasteiger partial charge in [-0.15, -0.1) is 11.3 Å². The van der Waals surface area contributed by atoms with Gasteiger partial charge in [0.15, 0.2) is 0 Å². The predicted molar refractivity (Wildman–Crippen MR) is 137 cm³/mol. The zero-order chi connectivity index (χ0) is 23.9. The Morgan fingerprint density at radius 3 is 2.51 bits per heavy atom. The number of amides is 2. The van der Waals surface area contributed by atoms with Crippen molar-refractivity contribution >= 4 is 23.2 Å². The van der Waals surface area contributed by atoms with Crippen LogP contribution in [0.4, 0.5) is 0 Å². The van der Waals surface area contributed by atoms with Crippen molar-refractivity contribution in [1.82, 2.24) is 9.80 Å². The van der Waals surface area contributed by atoms with Gasteiger partial charge >= 0.3 is 0 Å². The molecule has 0 saturated heterocycles. The molecule has 3 atom stereocenters. The summed E-state index contributed by atoms with van der Waals surface area (Å²) < 4.78 is 5.34. The van der Waals surface area contributed by atoms with Crippen molar-refractivity contribution in [3.8, 4) is 5.75 Å². The summed E-state index contributed by atoms with van der Waals surface area (Å²) in [4.78, 5) is 32.5. The molecule has 0 radical (unpaired) electrons. The van der Waals surface area contributed by atoms with Gasteiger partial charge in [-0.1, -0.05) is 42.5 Å². The lowest BCUT2D eigenvalue weighted by molar-refractivity contribution is -0.143. The molecule has 35 heavy (non-hydrogen) atoms. The summed E-state index contributed by atoms with van der Waals surface area (Å²) in [5, 5.41) is 2.12. The molecule has 2 amide bonds. The highest BCUT2D eigenvalue weighted by atomic mass is 32.1. The molecule has 2 saturated carbocycles. The van der Waals surface area contributed by atoms with Crippen molar-refractivity contribution in [3.63, 3.8) is 0 Å². The van der Waals surface area contributed by atoms with E-state index in [0.29, 0.717) is 6.54 Å². The first kappa shape index (κ1) is 22.4. The fraction of sp³-hybridized carbons (Fsp3) is 0.379. The minimum atomic E-state index is -0.127. The van der Waals surface area contributed by atoms with Gasteiger partial charge in [0.05, 0.1) is 13.2 Å². The Morgan fingerprint density at radius 2 is 1.80 bits per heavy atom. The molecule has 0 bridgehead atoms. The molecule has 2 aliphatic carbocycles. The number of methoxy groups -OCH3 is 1. The lowest BCUT2D eigenvalue weighted by Gasteiger charge is -2.37. The van der Waals surface area contributed by atoms with E-state index in [1.807, 2.05) is 40.1 Å². The molecule has 1 aliphatic heterocycles. The zero-order valence-corrected chi connectivity index (χ0v) is 20.7. The molecule has 0 spiro atoms. The SMILES string of the molecule is COc1ccc(C2c3ccsc3CCN2C(=O)CN(C(=O)C2CC2c2ccccc2)C2CC2)cc1. The van der Waals surface area contributed by atoms with Gasteiger partial charge in [-0.2, -0.15) is 0 Å². The molecule has 2 fully saturated rings. The fourth-order valence-electron chi connectivity index (χ4n) is 5.49. The van der Waals surface area contributed by atoms with Crippen LogP contribution in [0.1, 0.15) is 52.8 Å². The number of hydrogen-bond acceptors (Lipinski definition) is 4. The van der Waals surface area contributed by atoms with E-state index in [2.05, 4.69) is 35.7 Å². The number of hydrogen-bond donors (Lipinski definition) is 0. The highest BCUT2D eigenvalue weighted by Crippen LogP contribution is 2.49. The van der Waals surface area contributed by atoms with E-state index in [-0.39, 0.29) is 42.3 Å². The molecule has 6 heteroatoms. The number of thiophene rings is 1. The van der Waals surface area contributed by atoms with Crippen molar-refractivity contribution in [1.29, 1.82) is 0 Å². The quantitative estimate of drug-likeness (QED) is 0.471. The molecule has 3 aliphatic rings. The number of carbonyl (C=O) groups excluding carboxylic acids is 2. The van der Waals surface area contributed by atoms with Crippen LogP contribution in [0.3, 0.4) is 0 Å². The predicted octanol–water partition coefficient (Wildman–Crippen LogP) is 5.03. The molecule has 6 rings (SSSR count). The average Bonchev–Trinajstić information content (AvgIpc) is 3.83. The lowest BCUT2D eigenvalue weighted by Crippen LogP contribution is -2.47. The van der Waals surface area contributed by atoms with E-state index in [1.54, 1.807) is 18.4 Å². The molecule has 0 N–H and O–H groups in total. The summed E-state index contributed by atoms with van der Waals surface area (Å²) in [5.41, 5.74) is 3.51. The smallest absolute Gasteiger partial charge is 0.243 e. The van der Waals surface area contributed by atoms with Crippen LogP contribution >= 0.6 is 11.3 Å².